The maximum atomic E-state index is 15.6. The minimum Gasteiger partial charge on any atom is -0.391 e. The Hall–Kier alpha value is -5.38. The lowest BCUT2D eigenvalue weighted by atomic mass is 9.85. The second-order valence-electron chi connectivity index (χ2n) is 16.8. The van der Waals surface area contributed by atoms with E-state index in [2.05, 4.69) is 25.8 Å². The third-order valence-corrected chi connectivity index (χ3v) is 11.2. The average Bonchev–Trinajstić information content (AvgIpc) is 3.53. The molecule has 0 radical (unpaired) electrons. The number of carbonyl (C=O) groups is 4. The molecule has 304 valence electrons. The SMILES string of the molecule is C[C@@H]1C[C@@H](O)CN1C(=O)[C@@H](NC(=O)CCCCCC(=O)N1CCN(C(=O)c2ccc(Nc3nc(C4CC4)cn4c(-c5cn[nH]c5)cnc34)c(F)c2)CC1)C(C)(C)C. The molecule has 2 saturated heterocycles. The van der Waals surface area contributed by atoms with Crippen LogP contribution in [0.5, 0.6) is 0 Å². The summed E-state index contributed by atoms with van der Waals surface area (Å²) in [5, 5.41) is 22.9. The number of piperazine rings is 1. The van der Waals surface area contributed by atoms with Crippen LogP contribution in [0.25, 0.3) is 16.9 Å². The van der Waals surface area contributed by atoms with Gasteiger partial charge < -0.3 is 30.4 Å². The number of halogens is 1. The molecule has 0 bridgehead atoms. The Labute approximate surface area is 331 Å². The summed E-state index contributed by atoms with van der Waals surface area (Å²) < 4.78 is 17.5. The van der Waals surface area contributed by atoms with Crippen LogP contribution in [-0.4, -0.2) is 119 Å². The van der Waals surface area contributed by atoms with Crippen LogP contribution in [-0.2, 0) is 14.4 Å². The van der Waals surface area contributed by atoms with Crippen LogP contribution in [0, 0.1) is 11.2 Å². The van der Waals surface area contributed by atoms with Crippen molar-refractivity contribution in [2.75, 3.05) is 38.0 Å². The fourth-order valence-corrected chi connectivity index (χ4v) is 7.74. The Morgan fingerprint density at radius 1 is 1.02 bits per heavy atom. The van der Waals surface area contributed by atoms with Gasteiger partial charge in [-0.25, -0.2) is 14.4 Å². The summed E-state index contributed by atoms with van der Waals surface area (Å²) in [6, 6.07) is 3.58. The van der Waals surface area contributed by atoms with Crippen molar-refractivity contribution >= 4 is 40.8 Å². The van der Waals surface area contributed by atoms with Gasteiger partial charge in [0.05, 0.1) is 35.6 Å². The van der Waals surface area contributed by atoms with Gasteiger partial charge in [-0.1, -0.05) is 27.2 Å². The second-order valence-corrected chi connectivity index (χ2v) is 16.8. The summed E-state index contributed by atoms with van der Waals surface area (Å²) in [5.74, 6) is -0.517. The molecule has 3 aliphatic rings. The lowest BCUT2D eigenvalue weighted by Crippen LogP contribution is -2.55. The van der Waals surface area contributed by atoms with Gasteiger partial charge in [0.2, 0.25) is 17.7 Å². The highest BCUT2D eigenvalue weighted by Crippen LogP contribution is 2.40. The number of H-pyrrole nitrogens is 1. The molecule has 3 atom stereocenters. The van der Waals surface area contributed by atoms with E-state index in [0.717, 1.165) is 29.8 Å². The first-order valence-electron chi connectivity index (χ1n) is 20.1. The first-order valence-corrected chi connectivity index (χ1v) is 20.1. The minimum absolute atomic E-state index is 0.00355. The summed E-state index contributed by atoms with van der Waals surface area (Å²) in [6.45, 7) is 9.36. The summed E-state index contributed by atoms with van der Waals surface area (Å²) >= 11 is 0. The van der Waals surface area contributed by atoms with Crippen LogP contribution in [0.1, 0.15) is 101 Å². The highest BCUT2D eigenvalue weighted by molar-refractivity contribution is 5.95. The molecule has 4 aromatic rings. The number of unbranched alkanes of at least 4 members (excludes halogenated alkanes) is 2. The summed E-state index contributed by atoms with van der Waals surface area (Å²) in [4.78, 5) is 66.9. The molecular formula is C41H53FN10O5. The predicted octanol–water partition coefficient (Wildman–Crippen LogP) is 4.63. The van der Waals surface area contributed by atoms with Crippen LogP contribution in [0.4, 0.5) is 15.9 Å². The number of nitrogens with one attached hydrogen (secondary N) is 3. The minimum atomic E-state index is -0.699. The summed E-state index contributed by atoms with van der Waals surface area (Å²) in [5.41, 5.74) is 3.04. The van der Waals surface area contributed by atoms with Crippen molar-refractivity contribution in [1.29, 1.82) is 0 Å². The quantitative estimate of drug-likeness (QED) is 0.141. The van der Waals surface area contributed by atoms with Crippen LogP contribution in [0.3, 0.4) is 0 Å². The molecule has 3 aromatic heterocycles. The normalized spacial score (nSPS) is 19.2. The van der Waals surface area contributed by atoms with Crippen LogP contribution in [0.2, 0.25) is 0 Å². The zero-order valence-electron chi connectivity index (χ0n) is 33.1. The van der Waals surface area contributed by atoms with E-state index in [9.17, 15) is 24.3 Å². The summed E-state index contributed by atoms with van der Waals surface area (Å²) in [7, 11) is 0. The summed E-state index contributed by atoms with van der Waals surface area (Å²) in [6.07, 6.45) is 11.7. The third kappa shape index (κ3) is 9.11. The number of fused-ring (bicyclic) bond motifs is 1. The van der Waals surface area contributed by atoms with E-state index >= 15 is 4.39 Å². The van der Waals surface area contributed by atoms with Crippen LogP contribution < -0.4 is 10.6 Å². The number of aromatic amines is 1. The Balaban J connectivity index is 0.860. The van der Waals surface area contributed by atoms with Crippen molar-refractivity contribution in [3.8, 4) is 11.3 Å². The van der Waals surface area contributed by atoms with E-state index in [1.165, 1.54) is 12.1 Å². The van der Waals surface area contributed by atoms with Crippen molar-refractivity contribution in [2.45, 2.75) is 103 Å². The number of nitrogens with zero attached hydrogens (tertiary/aromatic N) is 7. The number of aromatic nitrogens is 5. The van der Waals surface area contributed by atoms with E-state index < -0.39 is 23.4 Å². The number of β-amino-alcohol motifs (C(OH)–C–C–N with tert-alkyl or cyclic N) is 1. The van der Waals surface area contributed by atoms with E-state index in [1.807, 2.05) is 38.3 Å². The predicted molar refractivity (Wildman–Crippen MR) is 211 cm³/mol. The fourth-order valence-electron chi connectivity index (χ4n) is 7.74. The van der Waals surface area contributed by atoms with Gasteiger partial charge in [-0.2, -0.15) is 5.10 Å². The first-order chi connectivity index (χ1) is 27.3. The Morgan fingerprint density at radius 3 is 2.40 bits per heavy atom. The van der Waals surface area contributed by atoms with E-state index in [0.29, 0.717) is 75.7 Å². The van der Waals surface area contributed by atoms with Gasteiger partial charge in [0.1, 0.15) is 11.9 Å². The number of rotatable bonds is 13. The van der Waals surface area contributed by atoms with Gasteiger partial charge in [0, 0.05) is 81.0 Å². The standard InChI is InChI=1S/C41H53FN10O5/c1-25-18-29(53)23-51(25)40(57)36(41(2,3)4)48-34(54)8-6-5-7-9-35(55)49-14-16-50(17-15-49)39(56)27-12-13-31(30(42)19-27)46-37-38-43-22-33(28-20-44-45-21-28)52(38)24-32(47-37)26-10-11-26/h12-13,19-22,24-26,29,36,53H,5-11,14-18,23H2,1-4H3,(H,44,45)(H,46,47)(H,48,54)/t25-,29-,36-/m1/s1. The van der Waals surface area contributed by atoms with E-state index in [1.54, 1.807) is 39.4 Å². The third-order valence-electron chi connectivity index (χ3n) is 11.2. The van der Waals surface area contributed by atoms with Crippen LogP contribution >= 0.6 is 0 Å². The maximum Gasteiger partial charge on any atom is 0.254 e. The number of imidazole rings is 1. The van der Waals surface area contributed by atoms with Crippen LogP contribution in [0.15, 0.2) is 43.0 Å². The number of anilines is 2. The molecule has 0 spiro atoms. The molecule has 57 heavy (non-hydrogen) atoms. The molecule has 4 amide bonds. The molecule has 7 rings (SSSR count). The van der Waals surface area contributed by atoms with Gasteiger partial charge >= 0.3 is 0 Å². The molecule has 1 aliphatic carbocycles. The molecule has 2 aliphatic heterocycles. The van der Waals surface area contributed by atoms with E-state index in [4.69, 9.17) is 4.98 Å². The van der Waals surface area contributed by atoms with Gasteiger partial charge in [-0.15, -0.1) is 0 Å². The number of carbonyl (C=O) groups excluding carboxylic acids is 4. The van der Waals surface area contributed by atoms with Gasteiger partial charge in [-0.3, -0.25) is 28.7 Å². The second kappa shape index (κ2) is 16.6. The molecule has 1 saturated carbocycles. The zero-order valence-corrected chi connectivity index (χ0v) is 33.1. The van der Waals surface area contributed by atoms with Crippen molar-refractivity contribution in [2.24, 2.45) is 5.41 Å². The van der Waals surface area contributed by atoms with E-state index in [-0.39, 0.29) is 53.9 Å². The Kier molecular flexibility index (Phi) is 11.6. The monoisotopic (exact) mass is 784 g/mol. The lowest BCUT2D eigenvalue weighted by Gasteiger charge is -2.35. The van der Waals surface area contributed by atoms with Gasteiger partial charge in [0.25, 0.3) is 5.91 Å². The number of amides is 4. The van der Waals surface area contributed by atoms with Crippen molar-refractivity contribution in [3.05, 3.63) is 60.1 Å². The number of aliphatic hydroxyl groups excluding tert-OH is 1. The average molecular weight is 785 g/mol. The molecule has 16 heteroatoms. The number of aliphatic hydroxyl groups is 1. The lowest BCUT2D eigenvalue weighted by molar-refractivity contribution is -0.140. The number of hydrogen-bond acceptors (Lipinski definition) is 9. The topological polar surface area (TPSA) is 181 Å². The number of likely N-dealkylation sites (tertiary alicyclic amines) is 1. The van der Waals surface area contributed by atoms with Gasteiger partial charge in [0.15, 0.2) is 11.5 Å². The van der Waals surface area contributed by atoms with Crippen molar-refractivity contribution in [1.82, 2.24) is 44.6 Å². The molecular weight excluding hydrogens is 732 g/mol. The van der Waals surface area contributed by atoms with Gasteiger partial charge in [-0.05, 0) is 62.6 Å². The molecule has 1 aromatic carbocycles. The smallest absolute Gasteiger partial charge is 0.254 e. The number of hydrogen-bond donors (Lipinski definition) is 4. The molecule has 4 N–H and O–H groups in total. The Bertz CT molecular complexity index is 2100. The first kappa shape index (κ1) is 39.8. The highest BCUT2D eigenvalue weighted by atomic mass is 19.1. The molecule has 15 nitrogen and oxygen atoms in total. The van der Waals surface area contributed by atoms with Crippen molar-refractivity contribution < 1.29 is 28.7 Å². The largest absolute Gasteiger partial charge is 0.391 e. The molecule has 3 fully saturated rings. The molecule has 0 unspecified atom stereocenters. The zero-order chi connectivity index (χ0) is 40.4. The fraction of sp³-hybridized carbons (Fsp3) is 0.537. The molecule has 5 heterocycles. The highest BCUT2D eigenvalue weighted by Gasteiger charge is 2.40. The Morgan fingerprint density at radius 2 is 1.75 bits per heavy atom. The maximum absolute atomic E-state index is 15.6. The van der Waals surface area contributed by atoms with Crippen molar-refractivity contribution in [3.63, 3.8) is 0 Å². The number of benzene rings is 1.